The molecule has 0 bridgehead atoms. The third kappa shape index (κ3) is 2.41. The molecule has 0 aliphatic rings. The number of halogens is 2. The van der Waals surface area contributed by atoms with Gasteiger partial charge in [0.05, 0.1) is 0 Å². The number of alkyl halides is 2. The van der Waals surface area contributed by atoms with Crippen LogP contribution in [-0.4, -0.2) is 0 Å². The van der Waals surface area contributed by atoms with Gasteiger partial charge in [0.1, 0.15) is 0 Å². The van der Waals surface area contributed by atoms with Crippen LogP contribution in [0.2, 0.25) is 0 Å². The van der Waals surface area contributed by atoms with Gasteiger partial charge in [-0.25, -0.2) is 0 Å². The normalized spacial score (nSPS) is 10.7. The molecule has 0 unspecified atom stereocenters. The summed E-state index contributed by atoms with van der Waals surface area (Å²) in [4.78, 5) is 0. The third-order valence-electron chi connectivity index (χ3n) is 3.49. The molecule has 0 aliphatic heterocycles. The first-order valence-corrected chi connectivity index (χ1v) is 7.05. The molecule has 0 atom stereocenters. The van der Waals surface area contributed by atoms with E-state index in [-0.39, 0.29) is 0 Å². The fraction of sp³-hybridized carbons (Fsp3) is 0.250. The van der Waals surface area contributed by atoms with Crippen molar-refractivity contribution in [3.8, 4) is 11.1 Å². The second-order valence-corrected chi connectivity index (χ2v) is 4.98. The van der Waals surface area contributed by atoms with Crippen LogP contribution in [0.1, 0.15) is 22.3 Å². The average molecular weight is 279 g/mol. The van der Waals surface area contributed by atoms with E-state index in [1.54, 1.807) is 0 Å². The second kappa shape index (κ2) is 5.77. The maximum atomic E-state index is 6.04. The van der Waals surface area contributed by atoms with Gasteiger partial charge >= 0.3 is 0 Å². The Kier molecular flexibility index (Phi) is 4.31. The van der Waals surface area contributed by atoms with Crippen molar-refractivity contribution < 1.29 is 0 Å². The van der Waals surface area contributed by atoms with Crippen LogP contribution >= 0.6 is 23.2 Å². The number of rotatable bonds is 3. The van der Waals surface area contributed by atoms with E-state index in [9.17, 15) is 0 Å². The van der Waals surface area contributed by atoms with Gasteiger partial charge in [-0.1, -0.05) is 30.3 Å². The van der Waals surface area contributed by atoms with Gasteiger partial charge in [0, 0.05) is 11.8 Å². The summed E-state index contributed by atoms with van der Waals surface area (Å²) in [5.41, 5.74) is 7.31. The van der Waals surface area contributed by atoms with Crippen LogP contribution in [0.3, 0.4) is 0 Å². The van der Waals surface area contributed by atoms with Crippen molar-refractivity contribution >= 4 is 23.2 Å². The van der Waals surface area contributed by atoms with Gasteiger partial charge < -0.3 is 0 Å². The predicted octanol–water partition coefficient (Wildman–Crippen LogP) is 5.45. The van der Waals surface area contributed by atoms with Crippen LogP contribution in [0.15, 0.2) is 36.4 Å². The number of benzene rings is 2. The van der Waals surface area contributed by atoms with Gasteiger partial charge in [-0.3, -0.25) is 0 Å². The fourth-order valence-electron chi connectivity index (χ4n) is 2.26. The standard InChI is InChI=1S/C16H16Cl2/c1-11-12(2)16(10-18)14(9-17)8-15(11)13-6-4-3-5-7-13/h3-8H,9-10H2,1-2H3. The molecule has 18 heavy (non-hydrogen) atoms. The van der Waals surface area contributed by atoms with E-state index >= 15 is 0 Å². The molecule has 0 fully saturated rings. The molecule has 0 aromatic heterocycles. The van der Waals surface area contributed by atoms with E-state index in [1.807, 2.05) is 6.07 Å². The molecule has 0 saturated heterocycles. The molecule has 2 aromatic carbocycles. The Morgan fingerprint density at radius 1 is 0.889 bits per heavy atom. The third-order valence-corrected chi connectivity index (χ3v) is 4.04. The summed E-state index contributed by atoms with van der Waals surface area (Å²) in [6.45, 7) is 4.27. The van der Waals surface area contributed by atoms with Crippen LogP contribution in [0.4, 0.5) is 0 Å². The Balaban J connectivity index is 2.66. The first kappa shape index (κ1) is 13.5. The van der Waals surface area contributed by atoms with Crippen molar-refractivity contribution in [1.82, 2.24) is 0 Å². The maximum absolute atomic E-state index is 6.04. The largest absolute Gasteiger partial charge is 0.122 e. The van der Waals surface area contributed by atoms with E-state index in [0.29, 0.717) is 11.8 Å². The molecule has 2 heteroatoms. The van der Waals surface area contributed by atoms with Gasteiger partial charge in [-0.05, 0) is 53.3 Å². The van der Waals surface area contributed by atoms with E-state index in [1.165, 1.54) is 27.8 Å². The summed E-state index contributed by atoms with van der Waals surface area (Å²) in [6.07, 6.45) is 0. The Morgan fingerprint density at radius 3 is 2.11 bits per heavy atom. The molecule has 0 amide bonds. The minimum Gasteiger partial charge on any atom is -0.122 e. The van der Waals surface area contributed by atoms with E-state index < -0.39 is 0 Å². The lowest BCUT2D eigenvalue weighted by molar-refractivity contribution is 1.18. The molecule has 0 aliphatic carbocycles. The molecular weight excluding hydrogens is 263 g/mol. The highest BCUT2D eigenvalue weighted by molar-refractivity contribution is 6.19. The highest BCUT2D eigenvalue weighted by Gasteiger charge is 2.12. The van der Waals surface area contributed by atoms with Crippen LogP contribution in [0, 0.1) is 13.8 Å². The van der Waals surface area contributed by atoms with E-state index in [0.717, 1.165) is 5.56 Å². The topological polar surface area (TPSA) is 0 Å². The molecular formula is C16H16Cl2. The van der Waals surface area contributed by atoms with E-state index in [2.05, 4.69) is 44.2 Å². The van der Waals surface area contributed by atoms with Gasteiger partial charge in [0.15, 0.2) is 0 Å². The first-order valence-electron chi connectivity index (χ1n) is 5.98. The predicted molar refractivity (Wildman–Crippen MR) is 80.5 cm³/mol. The van der Waals surface area contributed by atoms with Gasteiger partial charge in [-0.15, -0.1) is 23.2 Å². The molecule has 2 rings (SSSR count). The first-order chi connectivity index (χ1) is 8.69. The minimum absolute atomic E-state index is 0.503. The Morgan fingerprint density at radius 2 is 1.56 bits per heavy atom. The quantitative estimate of drug-likeness (QED) is 0.655. The Hall–Kier alpha value is -0.980. The molecule has 0 N–H and O–H groups in total. The SMILES string of the molecule is Cc1c(-c2ccccc2)cc(CCl)c(CCl)c1C. The van der Waals surface area contributed by atoms with Crippen molar-refractivity contribution in [2.75, 3.05) is 0 Å². The zero-order valence-corrected chi connectivity index (χ0v) is 12.1. The molecule has 2 aromatic rings. The molecule has 0 nitrogen and oxygen atoms in total. The van der Waals surface area contributed by atoms with Crippen LogP contribution in [-0.2, 0) is 11.8 Å². The highest BCUT2D eigenvalue weighted by Crippen LogP contribution is 2.31. The summed E-state index contributed by atoms with van der Waals surface area (Å²) >= 11 is 12.1. The molecule has 0 heterocycles. The lowest BCUT2D eigenvalue weighted by Crippen LogP contribution is -1.98. The molecule has 0 saturated carbocycles. The maximum Gasteiger partial charge on any atom is 0.0479 e. The van der Waals surface area contributed by atoms with Gasteiger partial charge in [-0.2, -0.15) is 0 Å². The monoisotopic (exact) mass is 278 g/mol. The smallest absolute Gasteiger partial charge is 0.0479 e. The van der Waals surface area contributed by atoms with Crippen LogP contribution in [0.25, 0.3) is 11.1 Å². The van der Waals surface area contributed by atoms with Crippen molar-refractivity contribution in [1.29, 1.82) is 0 Å². The summed E-state index contributed by atoms with van der Waals surface area (Å²) < 4.78 is 0. The van der Waals surface area contributed by atoms with Crippen LogP contribution in [0.5, 0.6) is 0 Å². The number of hydrogen-bond donors (Lipinski definition) is 0. The lowest BCUT2D eigenvalue weighted by Gasteiger charge is -2.16. The average Bonchev–Trinajstić information content (AvgIpc) is 2.42. The lowest BCUT2D eigenvalue weighted by atomic mass is 9.91. The van der Waals surface area contributed by atoms with Crippen molar-refractivity contribution in [3.05, 3.63) is 58.7 Å². The Labute approximate surface area is 119 Å². The summed E-state index contributed by atoms with van der Waals surface area (Å²) in [5, 5.41) is 0. The molecule has 0 spiro atoms. The molecule has 94 valence electrons. The summed E-state index contributed by atoms with van der Waals surface area (Å²) in [5.74, 6) is 1.02. The zero-order valence-electron chi connectivity index (χ0n) is 10.6. The van der Waals surface area contributed by atoms with Crippen molar-refractivity contribution in [3.63, 3.8) is 0 Å². The van der Waals surface area contributed by atoms with Crippen molar-refractivity contribution in [2.24, 2.45) is 0 Å². The van der Waals surface area contributed by atoms with E-state index in [4.69, 9.17) is 23.2 Å². The molecule has 0 radical (unpaired) electrons. The van der Waals surface area contributed by atoms with Gasteiger partial charge in [0.25, 0.3) is 0 Å². The second-order valence-electron chi connectivity index (χ2n) is 4.45. The van der Waals surface area contributed by atoms with Gasteiger partial charge in [0.2, 0.25) is 0 Å². The summed E-state index contributed by atoms with van der Waals surface area (Å²) in [7, 11) is 0. The Bertz CT molecular complexity index is 545. The minimum atomic E-state index is 0.503. The number of hydrogen-bond acceptors (Lipinski definition) is 0. The van der Waals surface area contributed by atoms with Crippen molar-refractivity contribution in [2.45, 2.75) is 25.6 Å². The fourth-order valence-corrected chi connectivity index (χ4v) is 2.87. The van der Waals surface area contributed by atoms with Crippen LogP contribution < -0.4 is 0 Å². The summed E-state index contributed by atoms with van der Waals surface area (Å²) in [6, 6.07) is 12.6. The highest BCUT2D eigenvalue weighted by atomic mass is 35.5. The zero-order chi connectivity index (χ0) is 13.1.